The molecule has 0 bridgehead atoms. The Bertz CT molecular complexity index is 434. The van der Waals surface area contributed by atoms with E-state index in [2.05, 4.69) is 47.9 Å². The predicted octanol–water partition coefficient (Wildman–Crippen LogP) is 1.90. The van der Waals surface area contributed by atoms with Gasteiger partial charge >= 0.3 is 0 Å². The summed E-state index contributed by atoms with van der Waals surface area (Å²) in [5.41, 5.74) is 1.02. The van der Waals surface area contributed by atoms with Gasteiger partial charge in [0.15, 0.2) is 0 Å². The molecule has 118 valence electrons. The van der Waals surface area contributed by atoms with E-state index in [0.29, 0.717) is 12.1 Å². The second-order valence-electron chi connectivity index (χ2n) is 6.28. The molecule has 0 amide bonds. The van der Waals surface area contributed by atoms with Crippen molar-refractivity contribution in [3.05, 3.63) is 18.1 Å². The van der Waals surface area contributed by atoms with Gasteiger partial charge in [-0.1, -0.05) is 20.8 Å². The van der Waals surface area contributed by atoms with Crippen LogP contribution in [0.15, 0.2) is 12.4 Å². The molecule has 1 aliphatic rings. The molecule has 5 nitrogen and oxygen atoms in total. The molecule has 1 aromatic rings. The molecule has 1 saturated heterocycles. The zero-order valence-electron chi connectivity index (χ0n) is 13.8. The lowest BCUT2D eigenvalue weighted by Crippen LogP contribution is -2.40. The molecule has 0 saturated carbocycles. The van der Waals surface area contributed by atoms with E-state index in [1.165, 1.54) is 6.42 Å². The normalized spacial score (nSPS) is 20.8. The average molecular weight is 291 g/mol. The van der Waals surface area contributed by atoms with Gasteiger partial charge in [0.2, 0.25) is 0 Å². The number of anilines is 1. The Hall–Kier alpha value is -1.20. The predicted molar refractivity (Wildman–Crippen MR) is 87.5 cm³/mol. The molecule has 1 N–H and O–H groups in total. The van der Waals surface area contributed by atoms with Crippen LogP contribution in [0.4, 0.5) is 5.82 Å². The molecule has 1 atom stereocenters. The Labute approximate surface area is 128 Å². The van der Waals surface area contributed by atoms with Crippen molar-refractivity contribution < 1.29 is 0 Å². The van der Waals surface area contributed by atoms with E-state index in [9.17, 15) is 0 Å². The average Bonchev–Trinajstić information content (AvgIpc) is 2.66. The van der Waals surface area contributed by atoms with Crippen LogP contribution in [0.2, 0.25) is 0 Å². The van der Waals surface area contributed by atoms with Gasteiger partial charge < -0.3 is 15.1 Å². The third kappa shape index (κ3) is 4.64. The molecule has 0 spiro atoms. The van der Waals surface area contributed by atoms with Crippen molar-refractivity contribution in [2.45, 2.75) is 52.2 Å². The first-order valence-electron chi connectivity index (χ1n) is 8.09. The van der Waals surface area contributed by atoms with E-state index in [1.807, 2.05) is 12.4 Å². The molecule has 1 unspecified atom stereocenters. The highest BCUT2D eigenvalue weighted by Gasteiger charge is 2.23. The van der Waals surface area contributed by atoms with Crippen LogP contribution in [-0.4, -0.2) is 53.6 Å². The maximum absolute atomic E-state index is 4.82. The topological polar surface area (TPSA) is 44.3 Å². The van der Waals surface area contributed by atoms with E-state index in [-0.39, 0.29) is 0 Å². The number of rotatable bonds is 5. The van der Waals surface area contributed by atoms with Crippen molar-refractivity contribution in [1.29, 1.82) is 0 Å². The summed E-state index contributed by atoms with van der Waals surface area (Å²) in [6, 6.07) is 0.991. The Morgan fingerprint density at radius 2 is 2.14 bits per heavy atom. The van der Waals surface area contributed by atoms with E-state index >= 15 is 0 Å². The Morgan fingerprint density at radius 1 is 1.33 bits per heavy atom. The maximum Gasteiger partial charge on any atom is 0.147 e. The Morgan fingerprint density at radius 3 is 2.86 bits per heavy atom. The highest BCUT2D eigenvalue weighted by atomic mass is 15.3. The van der Waals surface area contributed by atoms with Crippen molar-refractivity contribution in [3.63, 3.8) is 0 Å². The summed E-state index contributed by atoms with van der Waals surface area (Å²) < 4.78 is 0. The molecule has 1 aromatic heterocycles. The van der Waals surface area contributed by atoms with Gasteiger partial charge in [-0.3, -0.25) is 4.98 Å². The summed E-state index contributed by atoms with van der Waals surface area (Å²) in [6.07, 6.45) is 6.10. The summed E-state index contributed by atoms with van der Waals surface area (Å²) in [5.74, 6) is 1.03. The summed E-state index contributed by atoms with van der Waals surface area (Å²) in [7, 11) is 2.21. The first-order valence-corrected chi connectivity index (χ1v) is 8.09. The maximum atomic E-state index is 4.82. The second kappa shape index (κ2) is 7.71. The van der Waals surface area contributed by atoms with Crippen LogP contribution in [0.25, 0.3) is 0 Å². The minimum atomic E-state index is 0.464. The zero-order valence-corrected chi connectivity index (χ0v) is 13.8. The summed E-state index contributed by atoms with van der Waals surface area (Å²) >= 11 is 0. The van der Waals surface area contributed by atoms with Gasteiger partial charge in [-0.05, 0) is 26.4 Å². The molecule has 1 fully saturated rings. The lowest BCUT2D eigenvalue weighted by atomic mass is 10.2. The fraction of sp³-hybridized carbons (Fsp3) is 0.750. The number of nitrogens with one attached hydrogen (secondary N) is 1. The van der Waals surface area contributed by atoms with Gasteiger partial charge in [0.25, 0.3) is 0 Å². The third-order valence-electron chi connectivity index (χ3n) is 4.03. The van der Waals surface area contributed by atoms with Crippen LogP contribution in [-0.2, 0) is 6.54 Å². The van der Waals surface area contributed by atoms with E-state index in [4.69, 9.17) is 4.98 Å². The minimum Gasteiger partial charge on any atom is -0.351 e. The quantitative estimate of drug-likeness (QED) is 0.897. The van der Waals surface area contributed by atoms with Gasteiger partial charge in [0, 0.05) is 37.9 Å². The molecule has 21 heavy (non-hydrogen) atoms. The van der Waals surface area contributed by atoms with Crippen LogP contribution in [0.1, 0.15) is 39.3 Å². The molecule has 2 rings (SSSR count). The van der Waals surface area contributed by atoms with Crippen molar-refractivity contribution in [2.24, 2.45) is 0 Å². The molecule has 1 aliphatic heterocycles. The molecule has 5 heteroatoms. The molecule has 0 radical (unpaired) electrons. The van der Waals surface area contributed by atoms with E-state index < -0.39 is 0 Å². The molecule has 0 aliphatic carbocycles. The fourth-order valence-electron chi connectivity index (χ4n) is 2.82. The minimum absolute atomic E-state index is 0.464. The first-order chi connectivity index (χ1) is 10.1. The molecule has 2 heterocycles. The second-order valence-corrected chi connectivity index (χ2v) is 6.28. The number of hydrogen-bond donors (Lipinski definition) is 1. The van der Waals surface area contributed by atoms with Crippen LogP contribution >= 0.6 is 0 Å². The van der Waals surface area contributed by atoms with Gasteiger partial charge in [0.05, 0.1) is 11.9 Å². The lowest BCUT2D eigenvalue weighted by Gasteiger charge is -2.31. The number of likely N-dealkylation sites (N-methyl/N-ethyl adjacent to an activating group) is 1. The van der Waals surface area contributed by atoms with Crippen molar-refractivity contribution in [1.82, 2.24) is 20.2 Å². The first kappa shape index (κ1) is 16.2. The highest BCUT2D eigenvalue weighted by molar-refractivity contribution is 5.38. The molecular formula is C16H29N5. The Kier molecular flexibility index (Phi) is 5.94. The van der Waals surface area contributed by atoms with Crippen LogP contribution in [0.3, 0.4) is 0 Å². The van der Waals surface area contributed by atoms with E-state index in [0.717, 1.165) is 44.1 Å². The summed E-state index contributed by atoms with van der Waals surface area (Å²) in [6.45, 7) is 10.7. The molecule has 0 aromatic carbocycles. The Balaban J connectivity index is 2.13. The standard InChI is InChI=1S/C16H29N5/c1-5-15-12-20(4)7-6-8-21(15)16-11-17-9-14(19-16)10-18-13(2)3/h9,11,13,15,18H,5-8,10,12H2,1-4H3. The van der Waals surface area contributed by atoms with Crippen LogP contribution < -0.4 is 10.2 Å². The van der Waals surface area contributed by atoms with Gasteiger partial charge in [0.1, 0.15) is 5.82 Å². The van der Waals surface area contributed by atoms with Gasteiger partial charge in [-0.2, -0.15) is 0 Å². The fourth-order valence-corrected chi connectivity index (χ4v) is 2.82. The number of hydrogen-bond acceptors (Lipinski definition) is 5. The van der Waals surface area contributed by atoms with Gasteiger partial charge in [-0.25, -0.2) is 4.98 Å². The monoisotopic (exact) mass is 291 g/mol. The molecular weight excluding hydrogens is 262 g/mol. The highest BCUT2D eigenvalue weighted by Crippen LogP contribution is 2.19. The van der Waals surface area contributed by atoms with Crippen LogP contribution in [0, 0.1) is 0 Å². The van der Waals surface area contributed by atoms with Crippen molar-refractivity contribution >= 4 is 5.82 Å². The smallest absolute Gasteiger partial charge is 0.147 e. The number of nitrogens with zero attached hydrogens (tertiary/aromatic N) is 4. The largest absolute Gasteiger partial charge is 0.351 e. The van der Waals surface area contributed by atoms with Crippen molar-refractivity contribution in [2.75, 3.05) is 31.6 Å². The van der Waals surface area contributed by atoms with Crippen LogP contribution in [0.5, 0.6) is 0 Å². The lowest BCUT2D eigenvalue weighted by molar-refractivity contribution is 0.327. The van der Waals surface area contributed by atoms with Crippen molar-refractivity contribution in [3.8, 4) is 0 Å². The van der Waals surface area contributed by atoms with E-state index in [1.54, 1.807) is 0 Å². The number of aromatic nitrogens is 2. The third-order valence-corrected chi connectivity index (χ3v) is 4.03. The zero-order chi connectivity index (χ0) is 15.2. The van der Waals surface area contributed by atoms with Gasteiger partial charge in [-0.15, -0.1) is 0 Å². The summed E-state index contributed by atoms with van der Waals surface area (Å²) in [5, 5.41) is 3.41. The summed E-state index contributed by atoms with van der Waals surface area (Å²) in [4.78, 5) is 14.1. The SMILES string of the molecule is CCC1CN(C)CCCN1c1cncc(CNC(C)C)n1.